The minimum Gasteiger partial charge on any atom is -0.313 e. The topological polar surface area (TPSA) is 29.1 Å². The first kappa shape index (κ1) is 12.8. The van der Waals surface area contributed by atoms with Crippen molar-refractivity contribution in [1.29, 1.82) is 0 Å². The maximum absolute atomic E-state index is 11.3. The van der Waals surface area contributed by atoms with E-state index in [1.807, 2.05) is 13.1 Å². The molecular weight excluding hydrogens is 278 g/mol. The summed E-state index contributed by atoms with van der Waals surface area (Å²) >= 11 is 3.61. The van der Waals surface area contributed by atoms with E-state index >= 15 is 0 Å². The fraction of sp³-hybridized carbons (Fsp3) is 0.500. The molecule has 1 aromatic carbocycles. The van der Waals surface area contributed by atoms with Crippen LogP contribution in [0.1, 0.15) is 37.3 Å². The van der Waals surface area contributed by atoms with Crippen LogP contribution in [0.4, 0.5) is 0 Å². The van der Waals surface area contributed by atoms with Crippen LogP contribution in [0.2, 0.25) is 0 Å². The van der Waals surface area contributed by atoms with Crippen molar-refractivity contribution in [3.8, 4) is 0 Å². The van der Waals surface area contributed by atoms with Crippen molar-refractivity contribution >= 4 is 21.7 Å². The van der Waals surface area contributed by atoms with Crippen LogP contribution < -0.4 is 5.32 Å². The van der Waals surface area contributed by atoms with Crippen LogP contribution in [0.5, 0.6) is 0 Å². The maximum atomic E-state index is 11.3. The van der Waals surface area contributed by atoms with Gasteiger partial charge >= 0.3 is 0 Å². The van der Waals surface area contributed by atoms with Gasteiger partial charge in [0.2, 0.25) is 0 Å². The minimum absolute atomic E-state index is 0.346. The normalized spacial score (nSPS) is 19.3. The second-order valence-electron chi connectivity index (χ2n) is 4.66. The van der Waals surface area contributed by atoms with Crippen molar-refractivity contribution in [3.63, 3.8) is 0 Å². The fourth-order valence-corrected chi connectivity index (χ4v) is 3.20. The van der Waals surface area contributed by atoms with E-state index in [4.69, 9.17) is 0 Å². The SMILES string of the molecule is CNC(c1ccccc1Br)C1CCC(=O)CC1. The number of halogens is 1. The van der Waals surface area contributed by atoms with Crippen molar-refractivity contribution in [1.82, 2.24) is 5.32 Å². The molecule has 0 spiro atoms. The number of rotatable bonds is 3. The molecule has 2 nitrogen and oxygen atoms in total. The number of hydrogen-bond donors (Lipinski definition) is 1. The van der Waals surface area contributed by atoms with Crippen LogP contribution in [0.25, 0.3) is 0 Å². The van der Waals surface area contributed by atoms with Gasteiger partial charge in [-0.25, -0.2) is 0 Å². The summed E-state index contributed by atoms with van der Waals surface area (Å²) in [5.74, 6) is 0.986. The Morgan fingerprint density at radius 1 is 1.29 bits per heavy atom. The first-order chi connectivity index (χ1) is 8.22. The minimum atomic E-state index is 0.346. The van der Waals surface area contributed by atoms with Crippen LogP contribution in [-0.2, 0) is 4.79 Å². The van der Waals surface area contributed by atoms with Gasteiger partial charge < -0.3 is 5.32 Å². The van der Waals surface area contributed by atoms with E-state index in [1.54, 1.807) is 0 Å². The molecule has 1 N–H and O–H groups in total. The predicted octanol–water partition coefficient (Wildman–Crippen LogP) is 3.47. The zero-order chi connectivity index (χ0) is 12.3. The van der Waals surface area contributed by atoms with Crippen LogP contribution >= 0.6 is 15.9 Å². The van der Waals surface area contributed by atoms with Crippen LogP contribution in [-0.4, -0.2) is 12.8 Å². The van der Waals surface area contributed by atoms with Crippen LogP contribution in [0.15, 0.2) is 28.7 Å². The molecule has 0 saturated heterocycles. The Hall–Kier alpha value is -0.670. The third-order valence-corrected chi connectivity index (χ3v) is 4.33. The average molecular weight is 296 g/mol. The highest BCUT2D eigenvalue weighted by atomic mass is 79.9. The number of Topliss-reactive ketones (excluding diaryl/α,β-unsaturated/α-hetero) is 1. The van der Waals surface area contributed by atoms with Gasteiger partial charge in [-0.2, -0.15) is 0 Å². The van der Waals surface area contributed by atoms with E-state index < -0.39 is 0 Å². The Balaban J connectivity index is 2.16. The molecule has 92 valence electrons. The molecule has 0 aliphatic heterocycles. The summed E-state index contributed by atoms with van der Waals surface area (Å²) < 4.78 is 1.15. The largest absolute Gasteiger partial charge is 0.313 e. The van der Waals surface area contributed by atoms with Gasteiger partial charge in [-0.05, 0) is 37.4 Å². The monoisotopic (exact) mass is 295 g/mol. The zero-order valence-corrected chi connectivity index (χ0v) is 11.7. The molecule has 1 saturated carbocycles. The van der Waals surface area contributed by atoms with Crippen molar-refractivity contribution in [2.75, 3.05) is 7.05 Å². The second kappa shape index (κ2) is 5.78. The van der Waals surface area contributed by atoms with Crippen LogP contribution in [0, 0.1) is 5.92 Å². The Labute approximate surface area is 111 Å². The highest BCUT2D eigenvalue weighted by molar-refractivity contribution is 9.10. The second-order valence-corrected chi connectivity index (χ2v) is 5.52. The summed E-state index contributed by atoms with van der Waals surface area (Å²) in [6.45, 7) is 0. The lowest BCUT2D eigenvalue weighted by molar-refractivity contribution is -0.121. The van der Waals surface area contributed by atoms with Crippen molar-refractivity contribution < 1.29 is 4.79 Å². The Morgan fingerprint density at radius 2 is 1.94 bits per heavy atom. The summed E-state index contributed by atoms with van der Waals surface area (Å²) in [4.78, 5) is 11.3. The summed E-state index contributed by atoms with van der Waals surface area (Å²) in [5.41, 5.74) is 1.30. The van der Waals surface area contributed by atoms with Gasteiger partial charge in [0.25, 0.3) is 0 Å². The number of benzene rings is 1. The van der Waals surface area contributed by atoms with Crippen molar-refractivity contribution in [3.05, 3.63) is 34.3 Å². The molecule has 0 heterocycles. The van der Waals surface area contributed by atoms with E-state index in [9.17, 15) is 4.79 Å². The van der Waals surface area contributed by atoms with E-state index in [2.05, 4.69) is 39.4 Å². The lowest BCUT2D eigenvalue weighted by Crippen LogP contribution is -2.29. The average Bonchev–Trinajstić information content (AvgIpc) is 2.35. The molecule has 1 aromatic rings. The summed E-state index contributed by atoms with van der Waals surface area (Å²) in [5, 5.41) is 3.40. The summed E-state index contributed by atoms with van der Waals surface area (Å²) in [6.07, 6.45) is 3.50. The molecule has 1 aliphatic rings. The molecule has 1 fully saturated rings. The molecule has 1 unspecified atom stereocenters. The molecule has 3 heteroatoms. The van der Waals surface area contributed by atoms with Crippen LogP contribution in [0.3, 0.4) is 0 Å². The predicted molar refractivity (Wildman–Crippen MR) is 72.9 cm³/mol. The molecule has 2 rings (SSSR count). The van der Waals surface area contributed by atoms with E-state index in [1.165, 1.54) is 5.56 Å². The van der Waals surface area contributed by atoms with Gasteiger partial charge in [-0.15, -0.1) is 0 Å². The van der Waals surface area contributed by atoms with Gasteiger partial charge in [0, 0.05) is 23.4 Å². The molecule has 0 amide bonds. The molecule has 0 bridgehead atoms. The van der Waals surface area contributed by atoms with Crippen molar-refractivity contribution in [2.24, 2.45) is 5.92 Å². The molecule has 1 aliphatic carbocycles. The maximum Gasteiger partial charge on any atom is 0.132 e. The van der Waals surface area contributed by atoms with Gasteiger partial charge in [-0.1, -0.05) is 34.1 Å². The number of ketones is 1. The lowest BCUT2D eigenvalue weighted by atomic mass is 9.81. The Morgan fingerprint density at radius 3 is 2.53 bits per heavy atom. The molecule has 1 atom stereocenters. The quantitative estimate of drug-likeness (QED) is 0.925. The Kier molecular flexibility index (Phi) is 4.35. The first-order valence-corrected chi connectivity index (χ1v) is 6.95. The first-order valence-electron chi connectivity index (χ1n) is 6.15. The van der Waals surface area contributed by atoms with Gasteiger partial charge in [0.1, 0.15) is 5.78 Å². The third kappa shape index (κ3) is 2.96. The number of hydrogen-bond acceptors (Lipinski definition) is 2. The molecular formula is C14H18BrNO. The lowest BCUT2D eigenvalue weighted by Gasteiger charge is -2.30. The van der Waals surface area contributed by atoms with E-state index in [0.29, 0.717) is 17.7 Å². The van der Waals surface area contributed by atoms with Gasteiger partial charge in [-0.3, -0.25) is 4.79 Å². The molecule has 17 heavy (non-hydrogen) atoms. The summed E-state index contributed by atoms with van der Waals surface area (Å²) in [7, 11) is 2.00. The molecule has 0 aromatic heterocycles. The number of carbonyl (C=O) groups excluding carboxylic acids is 1. The highest BCUT2D eigenvalue weighted by Crippen LogP contribution is 2.35. The molecule has 0 radical (unpaired) electrons. The van der Waals surface area contributed by atoms with E-state index in [-0.39, 0.29) is 0 Å². The number of carbonyl (C=O) groups is 1. The smallest absolute Gasteiger partial charge is 0.132 e. The van der Waals surface area contributed by atoms with Crippen molar-refractivity contribution in [2.45, 2.75) is 31.7 Å². The Bertz CT molecular complexity index is 395. The standard InChI is InChI=1S/C14H18BrNO/c1-16-14(10-6-8-11(17)9-7-10)12-4-2-3-5-13(12)15/h2-5,10,14,16H,6-9H2,1H3. The summed E-state index contributed by atoms with van der Waals surface area (Å²) in [6, 6.07) is 8.68. The van der Waals surface area contributed by atoms with E-state index in [0.717, 1.165) is 30.2 Å². The highest BCUT2D eigenvalue weighted by Gasteiger charge is 2.27. The van der Waals surface area contributed by atoms with Gasteiger partial charge in [0.05, 0.1) is 0 Å². The zero-order valence-electron chi connectivity index (χ0n) is 10.1. The third-order valence-electron chi connectivity index (χ3n) is 3.61. The van der Waals surface area contributed by atoms with Gasteiger partial charge in [0.15, 0.2) is 0 Å². The fourth-order valence-electron chi connectivity index (χ4n) is 2.67. The number of nitrogens with one attached hydrogen (secondary N) is 1.